The van der Waals surface area contributed by atoms with Crippen molar-refractivity contribution in [2.24, 2.45) is 0 Å². The zero-order valence-electron chi connectivity index (χ0n) is 14.7. The second kappa shape index (κ2) is 5.58. The fourth-order valence-corrected chi connectivity index (χ4v) is 3.40. The van der Waals surface area contributed by atoms with Crippen LogP contribution in [0.4, 0.5) is 17.1 Å². The van der Waals surface area contributed by atoms with Gasteiger partial charge in [0, 0.05) is 12.7 Å². The summed E-state index contributed by atoms with van der Waals surface area (Å²) in [6.07, 6.45) is 0.0712. The van der Waals surface area contributed by atoms with Gasteiger partial charge in [-0.15, -0.1) is 0 Å². The molecule has 1 aliphatic heterocycles. The molecule has 0 radical (unpaired) electrons. The normalized spacial score (nSPS) is 15.9. The predicted octanol–water partition coefficient (Wildman–Crippen LogP) is 4.29. The van der Waals surface area contributed by atoms with Crippen LogP contribution in [0.25, 0.3) is 0 Å². The quantitative estimate of drug-likeness (QED) is 0.787. The van der Waals surface area contributed by atoms with Gasteiger partial charge in [0.05, 0.1) is 22.5 Å². The molecule has 0 saturated carbocycles. The number of hydrogen-bond donors (Lipinski definition) is 0. The fraction of sp³-hybridized carbons (Fsp3) is 0.300. The highest BCUT2D eigenvalue weighted by molar-refractivity contribution is 5.90. The SMILES string of the molecule is Cc1cc(C)c(N2c3c(ccc(C#N)c3C#N)N(C)[C@@H]2C)cc1C. The molecule has 0 fully saturated rings. The highest BCUT2D eigenvalue weighted by atomic mass is 15.4. The molecule has 0 aromatic heterocycles. The Kier molecular flexibility index (Phi) is 3.70. The lowest BCUT2D eigenvalue weighted by Crippen LogP contribution is -2.36. The van der Waals surface area contributed by atoms with E-state index in [-0.39, 0.29) is 6.17 Å². The summed E-state index contributed by atoms with van der Waals surface area (Å²) < 4.78 is 0. The van der Waals surface area contributed by atoms with Gasteiger partial charge in [0.25, 0.3) is 0 Å². The van der Waals surface area contributed by atoms with E-state index in [9.17, 15) is 10.5 Å². The monoisotopic (exact) mass is 316 g/mol. The molecule has 4 nitrogen and oxygen atoms in total. The van der Waals surface area contributed by atoms with Crippen LogP contribution < -0.4 is 9.80 Å². The summed E-state index contributed by atoms with van der Waals surface area (Å²) in [6, 6.07) is 12.4. The molecule has 3 rings (SSSR count). The second-order valence-electron chi connectivity index (χ2n) is 6.42. The Hall–Kier alpha value is -2.98. The van der Waals surface area contributed by atoms with Crippen molar-refractivity contribution in [3.05, 3.63) is 52.1 Å². The van der Waals surface area contributed by atoms with Crippen LogP contribution in [0.2, 0.25) is 0 Å². The summed E-state index contributed by atoms with van der Waals surface area (Å²) in [7, 11) is 2.02. The zero-order valence-corrected chi connectivity index (χ0v) is 14.7. The average molecular weight is 316 g/mol. The zero-order chi connectivity index (χ0) is 17.6. The van der Waals surface area contributed by atoms with Gasteiger partial charge in [-0.3, -0.25) is 0 Å². The summed E-state index contributed by atoms with van der Waals surface area (Å²) in [5.74, 6) is 0. The van der Waals surface area contributed by atoms with Crippen molar-refractivity contribution in [3.8, 4) is 12.1 Å². The van der Waals surface area contributed by atoms with E-state index in [1.54, 1.807) is 6.07 Å². The van der Waals surface area contributed by atoms with Gasteiger partial charge >= 0.3 is 0 Å². The number of fused-ring (bicyclic) bond motifs is 1. The summed E-state index contributed by atoms with van der Waals surface area (Å²) in [6.45, 7) is 8.41. The smallest absolute Gasteiger partial charge is 0.103 e. The maximum absolute atomic E-state index is 9.67. The maximum Gasteiger partial charge on any atom is 0.103 e. The maximum atomic E-state index is 9.67. The van der Waals surface area contributed by atoms with E-state index in [0.29, 0.717) is 11.1 Å². The molecule has 2 aromatic rings. The Morgan fingerprint density at radius 1 is 0.917 bits per heavy atom. The fourth-order valence-electron chi connectivity index (χ4n) is 3.40. The minimum Gasteiger partial charge on any atom is -0.352 e. The van der Waals surface area contributed by atoms with E-state index in [1.807, 2.05) is 13.1 Å². The first kappa shape index (κ1) is 15.9. The Morgan fingerprint density at radius 2 is 1.58 bits per heavy atom. The third-order valence-electron chi connectivity index (χ3n) is 5.02. The highest BCUT2D eigenvalue weighted by Gasteiger charge is 2.35. The van der Waals surface area contributed by atoms with E-state index in [0.717, 1.165) is 22.6 Å². The number of rotatable bonds is 1. The van der Waals surface area contributed by atoms with E-state index in [4.69, 9.17) is 0 Å². The lowest BCUT2D eigenvalue weighted by atomic mass is 10.0. The molecule has 0 saturated heterocycles. The molecule has 120 valence electrons. The van der Waals surface area contributed by atoms with Crippen LogP contribution >= 0.6 is 0 Å². The second-order valence-corrected chi connectivity index (χ2v) is 6.42. The molecule has 2 aromatic carbocycles. The molecule has 0 aliphatic carbocycles. The third kappa shape index (κ3) is 2.12. The van der Waals surface area contributed by atoms with Gasteiger partial charge in [-0.1, -0.05) is 6.07 Å². The molecule has 1 heterocycles. The van der Waals surface area contributed by atoms with E-state index in [1.165, 1.54) is 11.1 Å². The minimum atomic E-state index is 0.0712. The van der Waals surface area contributed by atoms with Crippen molar-refractivity contribution in [1.29, 1.82) is 10.5 Å². The van der Waals surface area contributed by atoms with E-state index in [2.05, 4.69) is 61.8 Å². The Bertz CT molecular complexity index is 915. The molecule has 0 N–H and O–H groups in total. The number of hydrogen-bond acceptors (Lipinski definition) is 4. The largest absolute Gasteiger partial charge is 0.352 e. The Morgan fingerprint density at radius 3 is 2.21 bits per heavy atom. The van der Waals surface area contributed by atoms with Crippen molar-refractivity contribution in [2.75, 3.05) is 16.8 Å². The van der Waals surface area contributed by atoms with Crippen molar-refractivity contribution >= 4 is 17.1 Å². The molecule has 0 bridgehead atoms. The summed E-state index contributed by atoms with van der Waals surface area (Å²) in [5, 5.41) is 19.0. The molecular formula is C20H20N4. The van der Waals surface area contributed by atoms with Crippen LogP contribution in [0.1, 0.15) is 34.7 Å². The standard InChI is InChI=1S/C20H20N4/c1-12-8-14(3)19(9-13(12)2)24-15(4)23(5)18-7-6-16(10-21)17(11-22)20(18)24/h6-9,15H,1-5H3/t15-/m0/s1. The van der Waals surface area contributed by atoms with E-state index < -0.39 is 0 Å². The third-order valence-corrected chi connectivity index (χ3v) is 5.02. The lowest BCUT2D eigenvalue weighted by Gasteiger charge is -2.30. The number of benzene rings is 2. The first-order valence-corrected chi connectivity index (χ1v) is 7.97. The summed E-state index contributed by atoms with van der Waals surface area (Å²) >= 11 is 0. The van der Waals surface area contributed by atoms with Crippen LogP contribution in [-0.4, -0.2) is 13.2 Å². The number of aryl methyl sites for hydroxylation is 3. The van der Waals surface area contributed by atoms with Crippen LogP contribution in [0.15, 0.2) is 24.3 Å². The van der Waals surface area contributed by atoms with Crippen LogP contribution in [0, 0.1) is 43.4 Å². The van der Waals surface area contributed by atoms with Gasteiger partial charge in [0.1, 0.15) is 18.3 Å². The summed E-state index contributed by atoms with van der Waals surface area (Å²) in [5.41, 5.74) is 7.40. The Balaban J connectivity index is 2.33. The highest BCUT2D eigenvalue weighted by Crippen LogP contribution is 2.47. The predicted molar refractivity (Wildman–Crippen MR) is 96.5 cm³/mol. The molecule has 24 heavy (non-hydrogen) atoms. The van der Waals surface area contributed by atoms with Gasteiger partial charge in [-0.2, -0.15) is 10.5 Å². The van der Waals surface area contributed by atoms with Crippen molar-refractivity contribution < 1.29 is 0 Å². The van der Waals surface area contributed by atoms with Crippen LogP contribution in [0.5, 0.6) is 0 Å². The molecule has 0 unspecified atom stereocenters. The van der Waals surface area contributed by atoms with Crippen molar-refractivity contribution in [3.63, 3.8) is 0 Å². The number of nitrogens with zero attached hydrogens (tertiary/aromatic N) is 4. The lowest BCUT2D eigenvalue weighted by molar-refractivity contribution is 0.732. The minimum absolute atomic E-state index is 0.0712. The van der Waals surface area contributed by atoms with Gasteiger partial charge in [0.15, 0.2) is 0 Å². The van der Waals surface area contributed by atoms with Gasteiger partial charge < -0.3 is 9.80 Å². The van der Waals surface area contributed by atoms with Crippen molar-refractivity contribution in [2.45, 2.75) is 33.9 Å². The van der Waals surface area contributed by atoms with Gasteiger partial charge in [0.2, 0.25) is 0 Å². The number of nitriles is 2. The molecular weight excluding hydrogens is 296 g/mol. The molecule has 4 heteroatoms. The van der Waals surface area contributed by atoms with Crippen LogP contribution in [-0.2, 0) is 0 Å². The summed E-state index contributed by atoms with van der Waals surface area (Å²) in [4.78, 5) is 4.32. The first-order valence-electron chi connectivity index (χ1n) is 7.97. The molecule has 1 aliphatic rings. The van der Waals surface area contributed by atoms with E-state index >= 15 is 0 Å². The average Bonchev–Trinajstić information content (AvgIpc) is 2.81. The van der Waals surface area contributed by atoms with Crippen molar-refractivity contribution in [1.82, 2.24) is 0 Å². The Labute approximate surface area is 143 Å². The first-order chi connectivity index (χ1) is 11.4. The molecule has 1 atom stereocenters. The topological polar surface area (TPSA) is 54.1 Å². The van der Waals surface area contributed by atoms with Gasteiger partial charge in [-0.25, -0.2) is 0 Å². The molecule has 0 amide bonds. The number of anilines is 3. The molecule has 0 spiro atoms. The van der Waals surface area contributed by atoms with Gasteiger partial charge in [-0.05, 0) is 62.6 Å². The van der Waals surface area contributed by atoms with Crippen LogP contribution in [0.3, 0.4) is 0 Å².